The van der Waals surface area contributed by atoms with E-state index in [1.54, 1.807) is 20.8 Å². The van der Waals surface area contributed by atoms with Crippen LogP contribution in [0.25, 0.3) is 0 Å². The van der Waals surface area contributed by atoms with Crippen molar-refractivity contribution in [1.29, 1.82) is 0 Å². The third kappa shape index (κ3) is 3.95. The van der Waals surface area contributed by atoms with E-state index < -0.39 is 22.0 Å². The summed E-state index contributed by atoms with van der Waals surface area (Å²) in [5, 5.41) is 3.75. The molecule has 0 spiro atoms. The van der Waals surface area contributed by atoms with Crippen LogP contribution in [-0.4, -0.2) is 48.8 Å². The molecule has 2 heterocycles. The first kappa shape index (κ1) is 23.0. The molecule has 4 saturated carbocycles. The zero-order chi connectivity index (χ0) is 23.5. The Labute approximate surface area is 195 Å². The van der Waals surface area contributed by atoms with Crippen LogP contribution in [0.4, 0.5) is 0 Å². The van der Waals surface area contributed by atoms with Gasteiger partial charge in [-0.15, -0.1) is 0 Å². The number of esters is 1. The van der Waals surface area contributed by atoms with Gasteiger partial charge in [0.25, 0.3) is 0 Å². The molecule has 33 heavy (non-hydrogen) atoms. The van der Waals surface area contributed by atoms with E-state index in [2.05, 4.69) is 5.16 Å². The Kier molecular flexibility index (Phi) is 5.71. The minimum atomic E-state index is -3.72. The number of aryl methyl sites for hydroxylation is 2. The fourth-order valence-electron chi connectivity index (χ4n) is 7.47. The summed E-state index contributed by atoms with van der Waals surface area (Å²) in [6.07, 6.45) is 6.66. The van der Waals surface area contributed by atoms with E-state index in [-0.39, 0.29) is 40.9 Å². The van der Waals surface area contributed by atoms with Crippen molar-refractivity contribution in [3.63, 3.8) is 0 Å². The Balaban J connectivity index is 1.18. The van der Waals surface area contributed by atoms with E-state index in [9.17, 15) is 18.0 Å². The van der Waals surface area contributed by atoms with Gasteiger partial charge in [-0.25, -0.2) is 8.42 Å². The first-order valence-electron chi connectivity index (χ1n) is 12.3. The lowest BCUT2D eigenvalue weighted by molar-refractivity contribution is -0.168. The Morgan fingerprint density at radius 2 is 1.61 bits per heavy atom. The fourth-order valence-corrected chi connectivity index (χ4v) is 9.23. The molecule has 8 nitrogen and oxygen atoms in total. The zero-order valence-corrected chi connectivity index (χ0v) is 20.5. The van der Waals surface area contributed by atoms with Gasteiger partial charge in [0.05, 0.1) is 5.92 Å². The van der Waals surface area contributed by atoms with Gasteiger partial charge >= 0.3 is 5.97 Å². The Bertz CT molecular complexity index is 998. The summed E-state index contributed by atoms with van der Waals surface area (Å²) in [6.45, 7) is 5.36. The molecule has 4 aliphatic carbocycles. The van der Waals surface area contributed by atoms with Crippen molar-refractivity contribution in [2.24, 2.45) is 29.1 Å². The third-order valence-electron chi connectivity index (χ3n) is 8.58. The molecule has 9 heteroatoms. The molecule has 0 N–H and O–H groups in total. The maximum absolute atomic E-state index is 13.4. The number of hydrogen-bond donors (Lipinski definition) is 0. The summed E-state index contributed by atoms with van der Waals surface area (Å²) in [5.74, 6) is 1.58. The van der Waals surface area contributed by atoms with Gasteiger partial charge < -0.3 is 9.26 Å². The molecule has 182 valence electrons. The average Bonchev–Trinajstić information content (AvgIpc) is 3.11. The molecule has 5 fully saturated rings. The van der Waals surface area contributed by atoms with Crippen molar-refractivity contribution in [3.8, 4) is 0 Å². The van der Waals surface area contributed by atoms with Crippen molar-refractivity contribution in [1.82, 2.24) is 9.46 Å². The molecule has 1 aromatic rings. The number of carbonyl (C=O) groups is 2. The Morgan fingerprint density at radius 1 is 1.06 bits per heavy atom. The van der Waals surface area contributed by atoms with Gasteiger partial charge in [0, 0.05) is 18.5 Å². The van der Waals surface area contributed by atoms with Gasteiger partial charge in [0.2, 0.25) is 10.0 Å². The molecular formula is C24H34N2O6S. The van der Waals surface area contributed by atoms with Gasteiger partial charge in [-0.3, -0.25) is 9.59 Å². The Hall–Kier alpha value is -1.74. The quantitative estimate of drug-likeness (QED) is 0.577. The van der Waals surface area contributed by atoms with E-state index in [1.807, 2.05) is 0 Å². The van der Waals surface area contributed by atoms with Gasteiger partial charge in [-0.1, -0.05) is 5.16 Å². The van der Waals surface area contributed by atoms with Crippen LogP contribution in [-0.2, 0) is 24.3 Å². The minimum absolute atomic E-state index is 0.105. The second kappa shape index (κ2) is 8.18. The highest BCUT2D eigenvalue weighted by Crippen LogP contribution is 2.60. The van der Waals surface area contributed by atoms with E-state index >= 15 is 0 Å². The number of ketones is 1. The topological polar surface area (TPSA) is 107 Å². The van der Waals surface area contributed by atoms with Crippen LogP contribution < -0.4 is 0 Å². The molecule has 1 saturated heterocycles. The standard InChI is InChI=1S/C24H34N2O6S/c1-14-21(15(2)32-25-14)33(29,30)26-6-4-20(5-7-26)23(28)31-16(3)22(27)24-11-17-8-18(12-24)10-19(9-17)13-24/h16-20H,4-13H2,1-3H3/t16-,17?,18?,19?,24?/m0/s1. The van der Waals surface area contributed by atoms with Gasteiger partial charge in [0.1, 0.15) is 10.6 Å². The van der Waals surface area contributed by atoms with Crippen LogP contribution in [0.5, 0.6) is 0 Å². The molecule has 0 radical (unpaired) electrons. The van der Waals surface area contributed by atoms with Crippen molar-refractivity contribution in [2.45, 2.75) is 83.1 Å². The number of rotatable bonds is 6. The summed E-state index contributed by atoms with van der Waals surface area (Å²) in [5.41, 5.74) is 0.0475. The lowest BCUT2D eigenvalue weighted by Crippen LogP contribution is -2.53. The van der Waals surface area contributed by atoms with Crippen molar-refractivity contribution in [3.05, 3.63) is 11.5 Å². The number of sulfonamides is 1. The van der Waals surface area contributed by atoms with E-state index in [0.717, 1.165) is 19.3 Å². The number of ether oxygens (including phenoxy) is 1. The van der Waals surface area contributed by atoms with Crippen molar-refractivity contribution < 1.29 is 27.3 Å². The summed E-state index contributed by atoms with van der Waals surface area (Å²) in [6, 6.07) is 0. The van der Waals surface area contributed by atoms with Crippen LogP contribution in [0.15, 0.2) is 9.42 Å². The predicted molar refractivity (Wildman–Crippen MR) is 119 cm³/mol. The Morgan fingerprint density at radius 3 is 2.09 bits per heavy atom. The highest BCUT2D eigenvalue weighted by Gasteiger charge is 2.55. The van der Waals surface area contributed by atoms with E-state index in [4.69, 9.17) is 9.26 Å². The average molecular weight is 479 g/mol. The van der Waals surface area contributed by atoms with Crippen LogP contribution >= 0.6 is 0 Å². The number of aromatic nitrogens is 1. The second-order valence-corrected chi connectivity index (χ2v) is 12.8. The molecular weight excluding hydrogens is 444 g/mol. The first-order chi connectivity index (χ1) is 15.6. The molecule has 1 aliphatic heterocycles. The molecule has 1 atom stereocenters. The summed E-state index contributed by atoms with van der Waals surface area (Å²) in [7, 11) is -3.72. The largest absolute Gasteiger partial charge is 0.454 e. The number of nitrogens with zero attached hydrogens (tertiary/aromatic N) is 2. The van der Waals surface area contributed by atoms with Crippen molar-refractivity contribution in [2.75, 3.05) is 13.1 Å². The monoisotopic (exact) mass is 478 g/mol. The maximum atomic E-state index is 13.4. The van der Waals surface area contributed by atoms with Crippen LogP contribution in [0.2, 0.25) is 0 Å². The van der Waals surface area contributed by atoms with Gasteiger partial charge in [-0.05, 0) is 89.9 Å². The lowest BCUT2D eigenvalue weighted by Gasteiger charge is -2.56. The maximum Gasteiger partial charge on any atom is 0.309 e. The normalized spacial score (nSPS) is 33.2. The highest BCUT2D eigenvalue weighted by atomic mass is 32.2. The number of piperidine rings is 1. The molecule has 0 aromatic carbocycles. The zero-order valence-electron chi connectivity index (χ0n) is 19.7. The minimum Gasteiger partial charge on any atom is -0.454 e. The van der Waals surface area contributed by atoms with E-state index in [0.29, 0.717) is 36.3 Å². The summed E-state index contributed by atoms with van der Waals surface area (Å²) >= 11 is 0. The number of carbonyl (C=O) groups excluding carboxylic acids is 2. The third-order valence-corrected chi connectivity index (χ3v) is 10.7. The molecule has 5 aliphatic rings. The first-order valence-corrected chi connectivity index (χ1v) is 13.7. The van der Waals surface area contributed by atoms with Gasteiger partial charge in [-0.2, -0.15) is 4.31 Å². The molecule has 6 rings (SSSR count). The number of hydrogen-bond acceptors (Lipinski definition) is 7. The predicted octanol–water partition coefficient (Wildman–Crippen LogP) is 3.41. The highest BCUT2D eigenvalue weighted by molar-refractivity contribution is 7.89. The van der Waals surface area contributed by atoms with Gasteiger partial charge in [0.15, 0.2) is 17.6 Å². The second-order valence-electron chi connectivity index (χ2n) is 11.0. The smallest absolute Gasteiger partial charge is 0.309 e. The molecule has 4 bridgehead atoms. The molecule has 0 unspecified atom stereocenters. The van der Waals surface area contributed by atoms with Crippen LogP contribution in [0.1, 0.15) is 69.7 Å². The van der Waals surface area contributed by atoms with E-state index in [1.165, 1.54) is 23.6 Å². The molecule has 1 aromatic heterocycles. The van der Waals surface area contributed by atoms with Crippen LogP contribution in [0, 0.1) is 42.9 Å². The SMILES string of the molecule is Cc1noc(C)c1S(=O)(=O)N1CCC(C(=O)O[C@@H](C)C(=O)C23CC4CC(CC(C4)C2)C3)CC1. The molecule has 0 amide bonds. The van der Waals surface area contributed by atoms with Crippen LogP contribution in [0.3, 0.4) is 0 Å². The number of Topliss-reactive ketones (excluding diaryl/α,β-unsaturated/α-hetero) is 1. The summed E-state index contributed by atoms with van der Waals surface area (Å²) in [4.78, 5) is 26.4. The fraction of sp³-hybridized carbons (Fsp3) is 0.792. The lowest BCUT2D eigenvalue weighted by atomic mass is 9.48. The summed E-state index contributed by atoms with van der Waals surface area (Å²) < 4.78 is 38.1. The van der Waals surface area contributed by atoms with Crippen molar-refractivity contribution >= 4 is 21.8 Å².